The lowest BCUT2D eigenvalue weighted by atomic mass is 9.96. The molecule has 2 heterocycles. The summed E-state index contributed by atoms with van der Waals surface area (Å²) in [4.78, 5) is 30.8. The maximum Gasteiger partial charge on any atom is 0.246 e. The summed E-state index contributed by atoms with van der Waals surface area (Å²) in [5.74, 6) is 0.874. The number of anilines is 1. The average Bonchev–Trinajstić information content (AvgIpc) is 2.74. The Morgan fingerprint density at radius 3 is 2.69 bits per heavy atom. The number of carbonyl (C=O) groups is 2. The first-order chi connectivity index (χ1) is 14.0. The van der Waals surface area contributed by atoms with Gasteiger partial charge in [-0.2, -0.15) is 0 Å². The zero-order chi connectivity index (χ0) is 20.8. The molecule has 0 bridgehead atoms. The predicted molar refractivity (Wildman–Crippen MR) is 117 cm³/mol. The zero-order valence-electron chi connectivity index (χ0n) is 15.9. The number of nitrogens with one attached hydrogen (secondary N) is 1. The van der Waals surface area contributed by atoms with Gasteiger partial charge in [-0.15, -0.1) is 0 Å². The van der Waals surface area contributed by atoms with E-state index in [1.807, 2.05) is 6.07 Å². The number of benzene rings is 1. The summed E-state index contributed by atoms with van der Waals surface area (Å²) in [5.41, 5.74) is 0.740. The topological polar surface area (TPSA) is 71.5 Å². The number of pyridine rings is 1. The van der Waals surface area contributed by atoms with Crippen LogP contribution in [-0.2, 0) is 9.59 Å². The minimum absolute atomic E-state index is 0.0638. The number of halogens is 2. The summed E-state index contributed by atoms with van der Waals surface area (Å²) in [6.45, 7) is 1.06. The van der Waals surface area contributed by atoms with E-state index in [0.717, 1.165) is 10.0 Å². The molecular weight excluding hydrogens is 458 g/mol. The van der Waals surface area contributed by atoms with Crippen LogP contribution in [0.1, 0.15) is 18.4 Å². The number of nitrogens with zero attached hydrogens (tertiary/aromatic N) is 2. The van der Waals surface area contributed by atoms with E-state index in [0.29, 0.717) is 42.5 Å². The van der Waals surface area contributed by atoms with Crippen LogP contribution in [0, 0.1) is 5.92 Å². The number of rotatable bonds is 5. The Hall–Kier alpha value is -2.38. The molecule has 0 unspecified atom stereocenters. The Bertz CT molecular complexity index is 910. The normalized spacial score (nSPS) is 14.8. The van der Waals surface area contributed by atoms with Gasteiger partial charge < -0.3 is 15.0 Å². The van der Waals surface area contributed by atoms with Gasteiger partial charge >= 0.3 is 0 Å². The van der Waals surface area contributed by atoms with Crippen LogP contribution in [0.25, 0.3) is 6.08 Å². The fourth-order valence-corrected chi connectivity index (χ4v) is 3.56. The lowest BCUT2D eigenvalue weighted by Gasteiger charge is -2.30. The zero-order valence-corrected chi connectivity index (χ0v) is 18.2. The highest BCUT2D eigenvalue weighted by Crippen LogP contribution is 2.24. The second kappa shape index (κ2) is 9.89. The molecule has 152 valence electrons. The van der Waals surface area contributed by atoms with Gasteiger partial charge in [-0.1, -0.05) is 11.6 Å². The molecule has 8 heteroatoms. The molecule has 29 heavy (non-hydrogen) atoms. The highest BCUT2D eigenvalue weighted by molar-refractivity contribution is 9.10. The van der Waals surface area contributed by atoms with Gasteiger partial charge in [-0.3, -0.25) is 9.59 Å². The van der Waals surface area contributed by atoms with Crippen molar-refractivity contribution in [1.82, 2.24) is 9.88 Å². The van der Waals surface area contributed by atoms with Crippen LogP contribution in [0.15, 0.2) is 47.1 Å². The Kier molecular flexibility index (Phi) is 7.28. The summed E-state index contributed by atoms with van der Waals surface area (Å²) in [6, 6.07) is 8.81. The molecule has 1 aromatic heterocycles. The molecule has 0 radical (unpaired) electrons. The summed E-state index contributed by atoms with van der Waals surface area (Å²) >= 11 is 9.34. The SMILES string of the molecule is COc1ccc(Cl)cc1C=CC(=O)N1CCC(C(=O)Nc2ccc(Br)cn2)CC1. The number of piperidine rings is 1. The Morgan fingerprint density at radius 1 is 1.28 bits per heavy atom. The third-order valence-electron chi connectivity index (χ3n) is 4.75. The van der Waals surface area contributed by atoms with Crippen molar-refractivity contribution in [2.75, 3.05) is 25.5 Å². The molecule has 1 saturated heterocycles. The summed E-state index contributed by atoms with van der Waals surface area (Å²) < 4.78 is 6.14. The quantitative estimate of drug-likeness (QED) is 0.647. The van der Waals surface area contributed by atoms with E-state index < -0.39 is 0 Å². The van der Waals surface area contributed by atoms with Crippen molar-refractivity contribution >= 4 is 51.2 Å². The molecular formula is C21H21BrClN3O3. The van der Waals surface area contributed by atoms with Crippen LogP contribution in [0.3, 0.4) is 0 Å². The summed E-state index contributed by atoms with van der Waals surface area (Å²) in [6.07, 6.45) is 6.08. The van der Waals surface area contributed by atoms with E-state index in [1.165, 1.54) is 6.08 Å². The second-order valence-corrected chi connectivity index (χ2v) is 8.02. The highest BCUT2D eigenvalue weighted by atomic mass is 79.9. The van der Waals surface area contributed by atoms with Gasteiger partial charge in [0.15, 0.2) is 0 Å². The minimum atomic E-state index is -0.137. The van der Waals surface area contributed by atoms with Crippen LogP contribution >= 0.6 is 27.5 Å². The number of amides is 2. The largest absolute Gasteiger partial charge is 0.496 e. The van der Waals surface area contributed by atoms with Crippen LogP contribution < -0.4 is 10.1 Å². The fraction of sp³-hybridized carbons (Fsp3) is 0.286. The first kappa shape index (κ1) is 21.3. The van der Waals surface area contributed by atoms with Crippen molar-refractivity contribution in [2.45, 2.75) is 12.8 Å². The van der Waals surface area contributed by atoms with E-state index in [4.69, 9.17) is 16.3 Å². The summed E-state index contributed by atoms with van der Waals surface area (Å²) in [5, 5.41) is 3.41. The Morgan fingerprint density at radius 2 is 2.03 bits per heavy atom. The number of methoxy groups -OCH3 is 1. The monoisotopic (exact) mass is 477 g/mol. The second-order valence-electron chi connectivity index (χ2n) is 6.67. The molecule has 1 aliphatic heterocycles. The van der Waals surface area contributed by atoms with E-state index in [2.05, 4.69) is 26.2 Å². The molecule has 1 N–H and O–H groups in total. The van der Waals surface area contributed by atoms with Gasteiger partial charge in [0, 0.05) is 46.3 Å². The number of hydrogen-bond donors (Lipinski definition) is 1. The lowest BCUT2D eigenvalue weighted by molar-refractivity contribution is -0.130. The van der Waals surface area contributed by atoms with Crippen LogP contribution in [0.5, 0.6) is 5.75 Å². The molecule has 0 aliphatic carbocycles. The van der Waals surface area contributed by atoms with E-state index in [-0.39, 0.29) is 17.7 Å². The van der Waals surface area contributed by atoms with Gasteiger partial charge in [-0.25, -0.2) is 4.98 Å². The number of likely N-dealkylation sites (tertiary alicyclic amines) is 1. The van der Waals surface area contributed by atoms with Gasteiger partial charge in [0.1, 0.15) is 11.6 Å². The van der Waals surface area contributed by atoms with Crippen LogP contribution in [0.4, 0.5) is 5.82 Å². The Balaban J connectivity index is 1.53. The summed E-state index contributed by atoms with van der Waals surface area (Å²) in [7, 11) is 1.57. The maximum atomic E-state index is 12.5. The third-order valence-corrected chi connectivity index (χ3v) is 5.46. The average molecular weight is 479 g/mol. The van der Waals surface area contributed by atoms with E-state index in [1.54, 1.807) is 48.5 Å². The van der Waals surface area contributed by atoms with Crippen molar-refractivity contribution < 1.29 is 14.3 Å². The number of carbonyl (C=O) groups excluding carboxylic acids is 2. The van der Waals surface area contributed by atoms with Gasteiger partial charge in [0.05, 0.1) is 7.11 Å². The first-order valence-electron chi connectivity index (χ1n) is 9.19. The van der Waals surface area contributed by atoms with E-state index >= 15 is 0 Å². The smallest absolute Gasteiger partial charge is 0.246 e. The molecule has 1 aliphatic rings. The van der Waals surface area contributed by atoms with Crippen molar-refractivity contribution in [1.29, 1.82) is 0 Å². The minimum Gasteiger partial charge on any atom is -0.496 e. The highest BCUT2D eigenvalue weighted by Gasteiger charge is 2.26. The maximum absolute atomic E-state index is 12.5. The molecule has 2 aromatic rings. The predicted octanol–water partition coefficient (Wildman–Crippen LogP) is 4.40. The molecule has 6 nitrogen and oxygen atoms in total. The standard InChI is InChI=1S/C21H21BrClN3O3/c1-29-18-5-4-17(23)12-15(18)2-7-20(27)26-10-8-14(9-11-26)21(28)25-19-6-3-16(22)13-24-19/h2-7,12-14H,8-11H2,1H3,(H,24,25,28). The van der Waals surface area contributed by atoms with Crippen molar-refractivity contribution in [2.24, 2.45) is 5.92 Å². The number of hydrogen-bond acceptors (Lipinski definition) is 4. The van der Waals surface area contributed by atoms with Crippen LogP contribution in [0.2, 0.25) is 5.02 Å². The molecule has 3 rings (SSSR count). The van der Waals surface area contributed by atoms with Crippen molar-refractivity contribution in [3.63, 3.8) is 0 Å². The van der Waals surface area contributed by atoms with Gasteiger partial charge in [0.2, 0.25) is 11.8 Å². The van der Waals surface area contributed by atoms with Crippen molar-refractivity contribution in [3.8, 4) is 5.75 Å². The fourth-order valence-electron chi connectivity index (χ4n) is 3.14. The van der Waals surface area contributed by atoms with Gasteiger partial charge in [0.25, 0.3) is 0 Å². The van der Waals surface area contributed by atoms with Crippen molar-refractivity contribution in [3.05, 3.63) is 57.7 Å². The number of aromatic nitrogens is 1. The van der Waals surface area contributed by atoms with Gasteiger partial charge in [-0.05, 0) is 65.2 Å². The molecule has 2 amide bonds. The van der Waals surface area contributed by atoms with E-state index in [9.17, 15) is 9.59 Å². The molecule has 1 aromatic carbocycles. The third kappa shape index (κ3) is 5.81. The molecule has 0 saturated carbocycles. The molecule has 0 atom stereocenters. The lowest BCUT2D eigenvalue weighted by Crippen LogP contribution is -2.40. The Labute approximate surface area is 183 Å². The number of ether oxygens (including phenoxy) is 1. The first-order valence-corrected chi connectivity index (χ1v) is 10.4. The molecule has 1 fully saturated rings. The molecule has 0 spiro atoms. The van der Waals surface area contributed by atoms with Crippen LogP contribution in [-0.4, -0.2) is 41.9 Å².